The van der Waals surface area contributed by atoms with Crippen LogP contribution in [0.15, 0.2) is 30.3 Å². The largest absolute Gasteiger partial charge is 0.441 e. The minimum Gasteiger partial charge on any atom is -0.342 e. The van der Waals surface area contributed by atoms with E-state index in [-0.39, 0.29) is 17.5 Å². The molecule has 2 nitrogen and oxygen atoms in total. The normalized spacial score (nSPS) is 12.2. The van der Waals surface area contributed by atoms with E-state index in [1.54, 1.807) is 0 Å². The second kappa shape index (κ2) is 5.24. The van der Waals surface area contributed by atoms with Crippen molar-refractivity contribution in [3.63, 3.8) is 0 Å². The van der Waals surface area contributed by atoms with Crippen LogP contribution in [-0.2, 0) is 13.1 Å². The summed E-state index contributed by atoms with van der Waals surface area (Å²) < 4.78 is 38.2. The van der Waals surface area contributed by atoms with Gasteiger partial charge in [0.25, 0.3) is 0 Å². The molecular formula is C12H13F3N2S. The fourth-order valence-corrected chi connectivity index (χ4v) is 2.46. The Morgan fingerprint density at radius 3 is 2.61 bits per heavy atom. The number of fused-ring (bicyclic) bond motifs is 1. The molecule has 6 heteroatoms. The number of nitrogens with zero attached hydrogens (tertiary/aromatic N) is 1. The van der Waals surface area contributed by atoms with Crippen molar-refractivity contribution < 1.29 is 13.2 Å². The molecule has 0 fully saturated rings. The highest BCUT2D eigenvalue weighted by atomic mass is 32.2. The zero-order chi connectivity index (χ0) is 13.2. The van der Waals surface area contributed by atoms with Crippen molar-refractivity contribution in [2.75, 3.05) is 5.75 Å². The standard InChI is InChI=1S/C12H13F3N2S/c13-12(14,15)18-6-5-17-10(8-16)7-9-3-1-2-4-11(9)17/h1-4,7H,5-6,8,16H2. The Bertz CT molecular complexity index is 534. The molecule has 18 heavy (non-hydrogen) atoms. The van der Waals surface area contributed by atoms with Gasteiger partial charge in [0.2, 0.25) is 0 Å². The Labute approximate surface area is 107 Å². The summed E-state index contributed by atoms with van der Waals surface area (Å²) in [5.41, 5.74) is 3.24. The van der Waals surface area contributed by atoms with Gasteiger partial charge < -0.3 is 10.3 Å². The van der Waals surface area contributed by atoms with E-state index in [0.29, 0.717) is 13.1 Å². The zero-order valence-corrected chi connectivity index (χ0v) is 10.4. The van der Waals surface area contributed by atoms with Crippen molar-refractivity contribution in [2.24, 2.45) is 5.73 Å². The molecule has 2 N–H and O–H groups in total. The van der Waals surface area contributed by atoms with Crippen molar-refractivity contribution in [3.8, 4) is 0 Å². The maximum Gasteiger partial charge on any atom is 0.441 e. The van der Waals surface area contributed by atoms with Crippen LogP contribution in [0.4, 0.5) is 13.2 Å². The van der Waals surface area contributed by atoms with Crippen molar-refractivity contribution in [1.82, 2.24) is 4.57 Å². The lowest BCUT2D eigenvalue weighted by atomic mass is 10.2. The number of hydrogen-bond donors (Lipinski definition) is 1. The molecule has 1 aromatic carbocycles. The summed E-state index contributed by atoms with van der Waals surface area (Å²) in [7, 11) is 0. The van der Waals surface area contributed by atoms with Gasteiger partial charge in [0, 0.05) is 30.1 Å². The molecule has 0 radical (unpaired) electrons. The van der Waals surface area contributed by atoms with Crippen LogP contribution < -0.4 is 5.73 Å². The molecule has 98 valence electrons. The number of aryl methyl sites for hydroxylation is 1. The van der Waals surface area contributed by atoms with Crippen LogP contribution in [0.25, 0.3) is 10.9 Å². The molecule has 0 unspecified atom stereocenters. The van der Waals surface area contributed by atoms with Gasteiger partial charge in [-0.1, -0.05) is 18.2 Å². The first-order chi connectivity index (χ1) is 8.51. The average Bonchev–Trinajstić information content (AvgIpc) is 2.66. The summed E-state index contributed by atoms with van der Waals surface area (Å²) in [6.45, 7) is 0.635. The number of halogens is 3. The number of para-hydroxylation sites is 1. The summed E-state index contributed by atoms with van der Waals surface area (Å²) in [5.74, 6) is -0.00479. The average molecular weight is 274 g/mol. The molecule has 2 aromatic rings. The second-order valence-corrected chi connectivity index (χ2v) is 5.00. The molecule has 0 spiro atoms. The molecule has 0 bridgehead atoms. The number of thioether (sulfide) groups is 1. The maximum atomic E-state index is 12.1. The van der Waals surface area contributed by atoms with Crippen molar-refractivity contribution in [1.29, 1.82) is 0 Å². The van der Waals surface area contributed by atoms with Crippen LogP contribution >= 0.6 is 11.8 Å². The Hall–Kier alpha value is -1.14. The highest BCUT2D eigenvalue weighted by Crippen LogP contribution is 2.30. The predicted molar refractivity (Wildman–Crippen MR) is 68.3 cm³/mol. The van der Waals surface area contributed by atoms with E-state index in [4.69, 9.17) is 5.73 Å². The van der Waals surface area contributed by atoms with E-state index < -0.39 is 5.51 Å². The monoisotopic (exact) mass is 274 g/mol. The van der Waals surface area contributed by atoms with Crippen LogP contribution in [0.3, 0.4) is 0 Å². The Kier molecular flexibility index (Phi) is 3.87. The summed E-state index contributed by atoms with van der Waals surface area (Å²) in [4.78, 5) is 0. The molecule has 0 aliphatic rings. The van der Waals surface area contributed by atoms with Gasteiger partial charge in [0.15, 0.2) is 0 Å². The smallest absolute Gasteiger partial charge is 0.342 e. The van der Waals surface area contributed by atoms with Crippen LogP contribution in [0, 0.1) is 0 Å². The number of aromatic nitrogens is 1. The molecule has 0 aliphatic carbocycles. The number of rotatable bonds is 4. The van der Waals surface area contributed by atoms with Crippen LogP contribution in [0.5, 0.6) is 0 Å². The molecule has 0 atom stereocenters. The number of alkyl halides is 3. The van der Waals surface area contributed by atoms with Gasteiger partial charge in [-0.2, -0.15) is 13.2 Å². The van der Waals surface area contributed by atoms with Crippen LogP contribution in [0.1, 0.15) is 5.69 Å². The van der Waals surface area contributed by atoms with Crippen molar-refractivity contribution in [3.05, 3.63) is 36.0 Å². The minimum absolute atomic E-state index is 0.00210. The van der Waals surface area contributed by atoms with Crippen molar-refractivity contribution in [2.45, 2.75) is 18.6 Å². The Balaban J connectivity index is 2.20. The predicted octanol–water partition coefficient (Wildman–Crippen LogP) is 3.35. The van der Waals surface area contributed by atoms with Gasteiger partial charge in [-0.05, 0) is 29.3 Å². The Morgan fingerprint density at radius 2 is 1.94 bits per heavy atom. The van der Waals surface area contributed by atoms with Crippen molar-refractivity contribution >= 4 is 22.7 Å². The highest BCUT2D eigenvalue weighted by Gasteiger charge is 2.27. The molecular weight excluding hydrogens is 261 g/mol. The SMILES string of the molecule is NCc1cc2ccccc2n1CCSC(F)(F)F. The quantitative estimate of drug-likeness (QED) is 0.927. The molecule has 0 amide bonds. The zero-order valence-electron chi connectivity index (χ0n) is 9.57. The van der Waals surface area contributed by atoms with E-state index in [9.17, 15) is 13.2 Å². The number of hydrogen-bond acceptors (Lipinski definition) is 2. The van der Waals surface area contributed by atoms with Gasteiger partial charge in [-0.3, -0.25) is 0 Å². The van der Waals surface area contributed by atoms with E-state index in [1.807, 2.05) is 34.9 Å². The first-order valence-electron chi connectivity index (χ1n) is 5.49. The van der Waals surface area contributed by atoms with Gasteiger partial charge in [0.05, 0.1) is 0 Å². The third kappa shape index (κ3) is 3.00. The number of nitrogens with two attached hydrogens (primary N) is 1. The summed E-state index contributed by atoms with van der Waals surface area (Å²) >= 11 is -0.00210. The van der Waals surface area contributed by atoms with E-state index in [0.717, 1.165) is 16.6 Å². The van der Waals surface area contributed by atoms with Crippen LogP contribution in [-0.4, -0.2) is 15.8 Å². The topological polar surface area (TPSA) is 30.9 Å². The molecule has 2 rings (SSSR count). The maximum absolute atomic E-state index is 12.1. The molecule has 0 saturated heterocycles. The Morgan fingerprint density at radius 1 is 1.22 bits per heavy atom. The first kappa shape index (κ1) is 13.3. The van der Waals surface area contributed by atoms with E-state index >= 15 is 0 Å². The van der Waals surface area contributed by atoms with E-state index in [1.165, 1.54) is 0 Å². The fraction of sp³-hybridized carbons (Fsp3) is 0.333. The molecule has 0 saturated carbocycles. The van der Waals surface area contributed by atoms with Gasteiger partial charge in [-0.25, -0.2) is 0 Å². The number of benzene rings is 1. The summed E-state index contributed by atoms with van der Waals surface area (Å²) in [6, 6.07) is 9.52. The van der Waals surface area contributed by atoms with Gasteiger partial charge >= 0.3 is 5.51 Å². The summed E-state index contributed by atoms with van der Waals surface area (Å²) in [5, 5.41) is 1.01. The fourth-order valence-electron chi connectivity index (χ4n) is 1.95. The third-order valence-corrected chi connectivity index (χ3v) is 3.40. The molecule has 0 aliphatic heterocycles. The first-order valence-corrected chi connectivity index (χ1v) is 6.48. The summed E-state index contributed by atoms with van der Waals surface area (Å²) in [6.07, 6.45) is 0. The molecule has 1 heterocycles. The minimum atomic E-state index is -4.17. The lowest BCUT2D eigenvalue weighted by Gasteiger charge is -2.10. The van der Waals surface area contributed by atoms with Crippen LogP contribution in [0.2, 0.25) is 0 Å². The second-order valence-electron chi connectivity index (χ2n) is 3.84. The third-order valence-electron chi connectivity index (χ3n) is 2.69. The van der Waals surface area contributed by atoms with Gasteiger partial charge in [0.1, 0.15) is 0 Å². The highest BCUT2D eigenvalue weighted by molar-refractivity contribution is 8.00. The lowest BCUT2D eigenvalue weighted by Crippen LogP contribution is -2.11. The van der Waals surface area contributed by atoms with E-state index in [2.05, 4.69) is 0 Å². The molecule has 1 aromatic heterocycles. The van der Waals surface area contributed by atoms with Gasteiger partial charge in [-0.15, -0.1) is 0 Å². The lowest BCUT2D eigenvalue weighted by molar-refractivity contribution is -0.0328.